The molecule has 0 saturated heterocycles. The predicted molar refractivity (Wildman–Crippen MR) is 65.7 cm³/mol. The summed E-state index contributed by atoms with van der Waals surface area (Å²) in [6.45, 7) is 0. The number of phenolic OH excluding ortho intramolecular Hbond substituents is 1. The first-order valence-corrected chi connectivity index (χ1v) is 5.46. The number of hydrogen-bond donors (Lipinski definition) is 1. The SMILES string of the molecule is O=C1c2ccccc2C(=O)N1c1ccccc1O. The summed E-state index contributed by atoms with van der Waals surface area (Å²) in [5, 5.41) is 9.74. The number of rotatable bonds is 1. The van der Waals surface area contributed by atoms with Gasteiger partial charge >= 0.3 is 0 Å². The molecule has 0 saturated carbocycles. The molecule has 3 rings (SSSR count). The van der Waals surface area contributed by atoms with Gasteiger partial charge in [0.2, 0.25) is 0 Å². The molecule has 0 fully saturated rings. The topological polar surface area (TPSA) is 57.6 Å². The zero-order valence-electron chi connectivity index (χ0n) is 9.33. The predicted octanol–water partition coefficient (Wildman–Crippen LogP) is 2.19. The van der Waals surface area contributed by atoms with Crippen molar-refractivity contribution in [2.75, 3.05) is 4.90 Å². The number of phenols is 1. The molecular formula is C14H9NO3. The lowest BCUT2D eigenvalue weighted by molar-refractivity contribution is 0.0925. The Morgan fingerprint density at radius 2 is 1.28 bits per heavy atom. The van der Waals surface area contributed by atoms with Crippen LogP contribution in [-0.4, -0.2) is 16.9 Å². The van der Waals surface area contributed by atoms with Crippen LogP contribution in [0.4, 0.5) is 5.69 Å². The van der Waals surface area contributed by atoms with Crippen molar-refractivity contribution >= 4 is 17.5 Å². The first kappa shape index (κ1) is 10.5. The fraction of sp³-hybridized carbons (Fsp3) is 0. The van der Waals surface area contributed by atoms with Gasteiger partial charge in [-0.1, -0.05) is 24.3 Å². The van der Waals surface area contributed by atoms with Crippen molar-refractivity contribution in [1.82, 2.24) is 0 Å². The summed E-state index contributed by atoms with van der Waals surface area (Å²) >= 11 is 0. The van der Waals surface area contributed by atoms with Crippen LogP contribution in [0, 0.1) is 0 Å². The maximum atomic E-state index is 12.2. The number of imide groups is 1. The van der Waals surface area contributed by atoms with Crippen LogP contribution in [0.1, 0.15) is 20.7 Å². The number of carbonyl (C=O) groups excluding carboxylic acids is 2. The van der Waals surface area contributed by atoms with Crippen molar-refractivity contribution in [1.29, 1.82) is 0 Å². The van der Waals surface area contributed by atoms with Crippen molar-refractivity contribution in [2.45, 2.75) is 0 Å². The van der Waals surface area contributed by atoms with Crippen LogP contribution in [0.25, 0.3) is 0 Å². The summed E-state index contributed by atoms with van der Waals surface area (Å²) in [7, 11) is 0. The first-order valence-electron chi connectivity index (χ1n) is 5.46. The fourth-order valence-electron chi connectivity index (χ4n) is 2.06. The molecule has 2 aromatic carbocycles. The van der Waals surface area contributed by atoms with Crippen molar-refractivity contribution < 1.29 is 14.7 Å². The second kappa shape index (κ2) is 3.70. The van der Waals surface area contributed by atoms with Gasteiger partial charge in [-0.05, 0) is 24.3 Å². The molecule has 18 heavy (non-hydrogen) atoms. The second-order valence-corrected chi connectivity index (χ2v) is 3.98. The smallest absolute Gasteiger partial charge is 0.266 e. The summed E-state index contributed by atoms with van der Waals surface area (Å²) in [5.41, 5.74) is 0.945. The van der Waals surface area contributed by atoms with Gasteiger partial charge in [0.1, 0.15) is 5.75 Å². The Labute approximate surface area is 103 Å². The maximum absolute atomic E-state index is 12.2. The van der Waals surface area contributed by atoms with E-state index in [4.69, 9.17) is 0 Å². The van der Waals surface area contributed by atoms with Crippen molar-refractivity contribution in [3.63, 3.8) is 0 Å². The van der Waals surface area contributed by atoms with E-state index in [9.17, 15) is 14.7 Å². The van der Waals surface area contributed by atoms with E-state index in [2.05, 4.69) is 0 Å². The molecule has 2 aromatic rings. The van der Waals surface area contributed by atoms with Crippen molar-refractivity contribution in [3.05, 3.63) is 59.7 Å². The highest BCUT2D eigenvalue weighted by molar-refractivity contribution is 6.34. The number of amides is 2. The van der Waals surface area contributed by atoms with Gasteiger partial charge in [0.05, 0.1) is 16.8 Å². The lowest BCUT2D eigenvalue weighted by Crippen LogP contribution is -2.29. The molecule has 4 nitrogen and oxygen atoms in total. The van der Waals surface area contributed by atoms with Gasteiger partial charge in [0, 0.05) is 0 Å². The van der Waals surface area contributed by atoms with E-state index in [1.807, 2.05) is 0 Å². The number of hydrogen-bond acceptors (Lipinski definition) is 3. The normalized spacial score (nSPS) is 13.9. The molecular weight excluding hydrogens is 230 g/mol. The lowest BCUT2D eigenvalue weighted by atomic mass is 10.1. The minimum atomic E-state index is -0.405. The van der Waals surface area contributed by atoms with Gasteiger partial charge in [-0.2, -0.15) is 0 Å². The van der Waals surface area contributed by atoms with Crippen LogP contribution in [0.2, 0.25) is 0 Å². The second-order valence-electron chi connectivity index (χ2n) is 3.98. The highest BCUT2D eigenvalue weighted by atomic mass is 16.3. The summed E-state index contributed by atoms with van der Waals surface area (Å²) in [5.74, 6) is -0.902. The molecule has 0 radical (unpaired) electrons. The molecule has 0 unspecified atom stereocenters. The third kappa shape index (κ3) is 1.32. The Morgan fingerprint density at radius 1 is 0.778 bits per heavy atom. The monoisotopic (exact) mass is 239 g/mol. The molecule has 0 aliphatic carbocycles. The summed E-state index contributed by atoms with van der Waals surface area (Å²) in [6, 6.07) is 12.9. The molecule has 0 aromatic heterocycles. The van der Waals surface area contributed by atoms with E-state index in [1.165, 1.54) is 12.1 Å². The maximum Gasteiger partial charge on any atom is 0.266 e. The third-order valence-corrected chi connectivity index (χ3v) is 2.92. The zero-order valence-corrected chi connectivity index (χ0v) is 9.33. The highest BCUT2D eigenvalue weighted by Gasteiger charge is 2.37. The van der Waals surface area contributed by atoms with Crippen molar-refractivity contribution in [2.24, 2.45) is 0 Å². The lowest BCUT2D eigenvalue weighted by Gasteiger charge is -2.14. The molecule has 1 aliphatic heterocycles. The van der Waals surface area contributed by atoms with E-state index in [0.717, 1.165) is 4.90 Å². The average Bonchev–Trinajstić information content (AvgIpc) is 2.64. The number of benzene rings is 2. The number of anilines is 1. The molecule has 4 heteroatoms. The van der Waals surface area contributed by atoms with Gasteiger partial charge in [-0.15, -0.1) is 0 Å². The molecule has 88 valence electrons. The summed E-state index contributed by atoms with van der Waals surface area (Å²) in [6.07, 6.45) is 0. The molecule has 1 aliphatic rings. The Kier molecular flexibility index (Phi) is 2.16. The van der Waals surface area contributed by atoms with Crippen LogP contribution in [-0.2, 0) is 0 Å². The number of para-hydroxylation sites is 2. The molecule has 2 amide bonds. The standard InChI is InChI=1S/C14H9NO3/c16-12-8-4-3-7-11(12)15-13(17)9-5-1-2-6-10(9)14(15)18/h1-8,16H. The van der Waals surface area contributed by atoms with Crippen LogP contribution < -0.4 is 4.90 Å². The number of fused-ring (bicyclic) bond motifs is 1. The Bertz CT molecular complexity index is 629. The Hall–Kier alpha value is -2.62. The Balaban J connectivity index is 2.16. The summed E-state index contributed by atoms with van der Waals surface area (Å²) in [4.78, 5) is 25.3. The molecule has 0 atom stereocenters. The zero-order chi connectivity index (χ0) is 12.7. The minimum absolute atomic E-state index is 0.0907. The molecule has 1 heterocycles. The van der Waals surface area contributed by atoms with Gasteiger partial charge in [0.15, 0.2) is 0 Å². The quantitative estimate of drug-likeness (QED) is 0.776. The number of carbonyl (C=O) groups is 2. The van der Waals surface area contributed by atoms with E-state index in [1.54, 1.807) is 36.4 Å². The summed E-state index contributed by atoms with van der Waals surface area (Å²) < 4.78 is 0. The van der Waals surface area contributed by atoms with Gasteiger partial charge in [-0.3, -0.25) is 9.59 Å². The van der Waals surface area contributed by atoms with E-state index in [-0.39, 0.29) is 11.4 Å². The Morgan fingerprint density at radius 3 is 1.83 bits per heavy atom. The molecule has 0 spiro atoms. The number of nitrogens with zero attached hydrogens (tertiary/aromatic N) is 1. The van der Waals surface area contributed by atoms with Crippen LogP contribution in [0.3, 0.4) is 0 Å². The van der Waals surface area contributed by atoms with Gasteiger partial charge < -0.3 is 5.11 Å². The van der Waals surface area contributed by atoms with Crippen LogP contribution in [0.5, 0.6) is 5.75 Å². The van der Waals surface area contributed by atoms with E-state index < -0.39 is 11.8 Å². The third-order valence-electron chi connectivity index (χ3n) is 2.92. The number of aromatic hydroxyl groups is 1. The largest absolute Gasteiger partial charge is 0.506 e. The van der Waals surface area contributed by atoms with Crippen LogP contribution >= 0.6 is 0 Å². The van der Waals surface area contributed by atoms with E-state index >= 15 is 0 Å². The van der Waals surface area contributed by atoms with Gasteiger partial charge in [-0.25, -0.2) is 4.90 Å². The van der Waals surface area contributed by atoms with E-state index in [0.29, 0.717) is 11.1 Å². The first-order chi connectivity index (χ1) is 8.70. The van der Waals surface area contributed by atoms with Crippen molar-refractivity contribution in [3.8, 4) is 5.75 Å². The average molecular weight is 239 g/mol. The minimum Gasteiger partial charge on any atom is -0.506 e. The van der Waals surface area contributed by atoms with Crippen LogP contribution in [0.15, 0.2) is 48.5 Å². The molecule has 0 bridgehead atoms. The van der Waals surface area contributed by atoms with Gasteiger partial charge in [0.25, 0.3) is 11.8 Å². The highest BCUT2D eigenvalue weighted by Crippen LogP contribution is 2.33. The molecule has 1 N–H and O–H groups in total. The fourth-order valence-corrected chi connectivity index (χ4v) is 2.06.